The Labute approximate surface area is 486 Å². The first-order valence-corrected chi connectivity index (χ1v) is 29.0. The highest BCUT2D eigenvalue weighted by Crippen LogP contribution is 2.51. The maximum absolute atomic E-state index is 5.70. The number of benzene rings is 11. The molecule has 7 heteroatoms. The molecule has 2 atom stereocenters. The summed E-state index contributed by atoms with van der Waals surface area (Å²) in [6.45, 7) is 4.72. The smallest absolute Gasteiger partial charge is 0.201 e. The number of para-hydroxylation sites is 3. The average Bonchev–Trinajstić information content (AvgIpc) is 2.14. The van der Waals surface area contributed by atoms with Crippen molar-refractivity contribution in [2.75, 3.05) is 0 Å². The Morgan fingerprint density at radius 3 is 1.44 bits per heavy atom. The minimum absolute atomic E-state index is 0.154. The molecule has 0 bridgehead atoms. The molecule has 3 aromatic heterocycles. The van der Waals surface area contributed by atoms with Gasteiger partial charge in [-0.1, -0.05) is 214 Å². The molecule has 2 unspecified atom stereocenters. The molecule has 398 valence electrons. The number of nitrogens with one attached hydrogen (secondary N) is 2. The molecule has 7 nitrogen and oxygen atoms in total. The van der Waals surface area contributed by atoms with Crippen LogP contribution in [0.3, 0.4) is 0 Å². The van der Waals surface area contributed by atoms with E-state index in [-0.39, 0.29) is 5.41 Å². The minimum Gasteiger partial charge on any atom is -0.346 e. The van der Waals surface area contributed by atoms with Crippen LogP contribution in [-0.2, 0) is 5.41 Å². The molecule has 1 aliphatic carbocycles. The summed E-state index contributed by atoms with van der Waals surface area (Å²) in [5.74, 6) is 0. The Morgan fingerprint density at radius 1 is 0.321 bits per heavy atom. The Balaban J connectivity index is 0.817. The molecule has 5 heterocycles. The van der Waals surface area contributed by atoms with Gasteiger partial charge in [0, 0.05) is 60.4 Å². The Hall–Kier alpha value is -10.8. The van der Waals surface area contributed by atoms with E-state index < -0.39 is 12.6 Å². The average molecular weight is 1080 g/mol. The van der Waals surface area contributed by atoms with E-state index in [4.69, 9.17) is 9.98 Å². The summed E-state index contributed by atoms with van der Waals surface area (Å²) in [5, 5.41) is 15.0. The third-order valence-corrected chi connectivity index (χ3v) is 17.9. The molecule has 14 aromatic rings. The fourth-order valence-corrected chi connectivity index (χ4v) is 13.9. The minimum atomic E-state index is -0.437. The SMILES string of the molecule is CC1(C)c2ccccc2-c2cc3c4ccccc4n(C4N=C(c5cccc(-c6ccc7c8cc9c(cc8n(-c8ccccc8)c7c6)c6ccccc6n9C6N=C(c7ccccc7)C=C(c7ccccc7)N6)c5)C=C(c5ccccc5)N4)c3cc21. The first-order chi connectivity index (χ1) is 41.4. The van der Waals surface area contributed by atoms with Gasteiger partial charge in [0.2, 0.25) is 12.6 Å². The van der Waals surface area contributed by atoms with E-state index in [1.165, 1.54) is 54.6 Å². The molecule has 84 heavy (non-hydrogen) atoms. The van der Waals surface area contributed by atoms with E-state index in [0.717, 1.165) is 95.0 Å². The van der Waals surface area contributed by atoms with Crippen molar-refractivity contribution in [3.63, 3.8) is 0 Å². The van der Waals surface area contributed by atoms with Crippen LogP contribution in [0, 0.1) is 0 Å². The first kappa shape index (κ1) is 48.0. The monoisotopic (exact) mass is 1080 g/mol. The van der Waals surface area contributed by atoms with E-state index in [1.807, 2.05) is 0 Å². The van der Waals surface area contributed by atoms with Crippen LogP contribution in [0.5, 0.6) is 0 Å². The maximum atomic E-state index is 5.70. The first-order valence-electron chi connectivity index (χ1n) is 29.0. The number of hydrogen-bond acceptors (Lipinski definition) is 4. The molecule has 2 N–H and O–H groups in total. The number of rotatable bonds is 8. The van der Waals surface area contributed by atoms with Gasteiger partial charge in [-0.05, 0) is 123 Å². The number of fused-ring (bicyclic) bond motifs is 12. The van der Waals surface area contributed by atoms with Crippen molar-refractivity contribution in [2.45, 2.75) is 31.8 Å². The molecular formula is C77H55N7. The second-order valence-electron chi connectivity index (χ2n) is 23.0. The highest BCUT2D eigenvalue weighted by molar-refractivity contribution is 6.20. The van der Waals surface area contributed by atoms with Gasteiger partial charge in [-0.25, -0.2) is 9.98 Å². The molecule has 0 saturated heterocycles. The molecule has 0 spiro atoms. The van der Waals surface area contributed by atoms with Crippen LogP contribution in [0.15, 0.2) is 283 Å². The lowest BCUT2D eigenvalue weighted by molar-refractivity contribution is 0.508. The van der Waals surface area contributed by atoms with Gasteiger partial charge in [0.25, 0.3) is 0 Å². The zero-order valence-corrected chi connectivity index (χ0v) is 46.4. The molecule has 17 rings (SSSR count). The summed E-state index contributed by atoms with van der Waals surface area (Å²) >= 11 is 0. The third kappa shape index (κ3) is 7.45. The standard InChI is InChI=1S/C77H55N7/c1-77(2)63-35-18-15-32-55(63)59-42-60-56-33-16-19-36-69(56)84(74(60)45-64(59)77)76-80-67(50-26-11-5-12-27-50)47-68(81-76)53-29-21-28-51(40-53)52-38-39-58-62-44-73-61(43-72(62)82(71(58)41-52)54-30-13-6-14-31-54)57-34-17-20-37-70(57)83(73)75-78-65(48-22-7-3-8-23-48)46-66(79-75)49-24-9-4-10-25-49/h3-47,75-76,78,80H,1-2H3. The van der Waals surface area contributed by atoms with E-state index >= 15 is 0 Å². The van der Waals surface area contributed by atoms with Crippen molar-refractivity contribution in [2.24, 2.45) is 9.98 Å². The maximum Gasteiger partial charge on any atom is 0.201 e. The van der Waals surface area contributed by atoms with Crippen molar-refractivity contribution < 1.29 is 0 Å². The number of nitrogens with zero attached hydrogens (tertiary/aromatic N) is 5. The van der Waals surface area contributed by atoms with Crippen molar-refractivity contribution in [3.05, 3.63) is 306 Å². The zero-order valence-electron chi connectivity index (χ0n) is 46.4. The van der Waals surface area contributed by atoms with E-state index in [2.05, 4.69) is 311 Å². The molecule has 0 saturated carbocycles. The second kappa shape index (κ2) is 18.6. The van der Waals surface area contributed by atoms with Gasteiger partial charge < -0.3 is 24.3 Å². The molecule has 0 radical (unpaired) electrons. The largest absolute Gasteiger partial charge is 0.346 e. The summed E-state index contributed by atoms with van der Waals surface area (Å²) in [5.41, 5.74) is 23.6. The van der Waals surface area contributed by atoms with Crippen LogP contribution in [-0.4, -0.2) is 25.1 Å². The van der Waals surface area contributed by atoms with Gasteiger partial charge in [0.05, 0.1) is 44.5 Å². The van der Waals surface area contributed by atoms with Crippen LogP contribution < -0.4 is 10.6 Å². The summed E-state index contributed by atoms with van der Waals surface area (Å²) in [6, 6.07) is 94.7. The lowest BCUT2D eigenvalue weighted by Crippen LogP contribution is -2.29. The topological polar surface area (TPSA) is 63.6 Å². The number of aliphatic imine (C=N–C) groups is 2. The molecule has 2 aliphatic heterocycles. The molecular weight excluding hydrogens is 1020 g/mol. The van der Waals surface area contributed by atoms with Crippen molar-refractivity contribution in [1.82, 2.24) is 24.3 Å². The highest BCUT2D eigenvalue weighted by Gasteiger charge is 2.37. The predicted molar refractivity (Wildman–Crippen MR) is 349 cm³/mol. The van der Waals surface area contributed by atoms with Gasteiger partial charge in [-0.15, -0.1) is 0 Å². The number of aromatic nitrogens is 3. The van der Waals surface area contributed by atoms with Gasteiger partial charge >= 0.3 is 0 Å². The fraction of sp³-hybridized carbons (Fsp3) is 0.0649. The van der Waals surface area contributed by atoms with Gasteiger partial charge in [-0.2, -0.15) is 0 Å². The Bertz CT molecular complexity index is 5150. The summed E-state index contributed by atoms with van der Waals surface area (Å²) in [4.78, 5) is 11.2. The summed E-state index contributed by atoms with van der Waals surface area (Å²) in [6.07, 6.45) is 3.55. The van der Waals surface area contributed by atoms with E-state index in [1.54, 1.807) is 0 Å². The Kier molecular flexibility index (Phi) is 10.7. The van der Waals surface area contributed by atoms with E-state index in [0.29, 0.717) is 0 Å². The van der Waals surface area contributed by atoms with Gasteiger partial charge in [0.1, 0.15) is 0 Å². The van der Waals surface area contributed by atoms with Crippen molar-refractivity contribution in [3.8, 4) is 27.9 Å². The van der Waals surface area contributed by atoms with Crippen LogP contribution in [0.4, 0.5) is 0 Å². The van der Waals surface area contributed by atoms with Gasteiger partial charge in [-0.3, -0.25) is 0 Å². The summed E-state index contributed by atoms with van der Waals surface area (Å²) < 4.78 is 7.27. The van der Waals surface area contributed by atoms with Crippen LogP contribution in [0.1, 0.15) is 59.8 Å². The normalized spacial score (nSPS) is 16.3. The van der Waals surface area contributed by atoms with E-state index in [9.17, 15) is 0 Å². The fourth-order valence-electron chi connectivity index (χ4n) is 13.9. The molecule has 11 aromatic carbocycles. The van der Waals surface area contributed by atoms with Crippen LogP contribution >= 0.6 is 0 Å². The number of hydrogen-bond donors (Lipinski definition) is 2. The lowest BCUT2D eigenvalue weighted by atomic mass is 9.82. The molecule has 0 fully saturated rings. The van der Waals surface area contributed by atoms with Crippen molar-refractivity contribution >= 4 is 88.2 Å². The highest BCUT2D eigenvalue weighted by atomic mass is 15.3. The Morgan fingerprint density at radius 2 is 0.786 bits per heavy atom. The quantitative estimate of drug-likeness (QED) is 0.159. The summed E-state index contributed by atoms with van der Waals surface area (Å²) in [7, 11) is 0. The number of allylic oxidation sites excluding steroid dienone is 2. The zero-order chi connectivity index (χ0) is 55.6. The van der Waals surface area contributed by atoms with Crippen LogP contribution in [0.25, 0.3) is 105 Å². The van der Waals surface area contributed by atoms with Gasteiger partial charge in [0.15, 0.2) is 0 Å². The lowest BCUT2D eigenvalue weighted by Gasteiger charge is -2.27. The van der Waals surface area contributed by atoms with Crippen molar-refractivity contribution in [1.29, 1.82) is 0 Å². The predicted octanol–water partition coefficient (Wildman–Crippen LogP) is 18.2. The molecule has 3 aliphatic rings. The second-order valence-corrected chi connectivity index (χ2v) is 23.0. The molecule has 0 amide bonds. The van der Waals surface area contributed by atoms with Crippen LogP contribution in [0.2, 0.25) is 0 Å². The third-order valence-electron chi connectivity index (χ3n) is 17.9.